The molecule has 0 amide bonds. The van der Waals surface area contributed by atoms with Gasteiger partial charge in [-0.2, -0.15) is 0 Å². The van der Waals surface area contributed by atoms with Crippen LogP contribution in [0.25, 0.3) is 10.9 Å². The maximum atomic E-state index is 13.8. The lowest BCUT2D eigenvalue weighted by atomic mass is 9.46. The lowest BCUT2D eigenvalue weighted by Gasteiger charge is -2.58. The van der Waals surface area contributed by atoms with Crippen LogP contribution in [0.5, 0.6) is 5.75 Å². The van der Waals surface area contributed by atoms with E-state index in [9.17, 15) is 24.3 Å². The minimum Gasteiger partial charge on any atom is -0.487 e. The van der Waals surface area contributed by atoms with Crippen molar-refractivity contribution in [2.45, 2.75) is 65.5 Å². The Morgan fingerprint density at radius 1 is 1.08 bits per heavy atom. The number of carbonyl (C=O) groups excluding carboxylic acids is 3. The predicted octanol–water partition coefficient (Wildman–Crippen LogP) is 4.07. The number of pyridine rings is 1. The van der Waals surface area contributed by atoms with Crippen molar-refractivity contribution in [2.24, 2.45) is 34.5 Å². The van der Waals surface area contributed by atoms with Crippen LogP contribution in [-0.4, -0.2) is 84.7 Å². The third kappa shape index (κ3) is 4.95. The molecule has 1 N–H and O–H groups in total. The van der Waals surface area contributed by atoms with Gasteiger partial charge in [0.1, 0.15) is 12.2 Å². The normalized spacial score (nSPS) is 33.7. The van der Waals surface area contributed by atoms with Crippen LogP contribution < -0.4 is 15.1 Å². The summed E-state index contributed by atoms with van der Waals surface area (Å²) in [5, 5.41) is 12.1. The summed E-state index contributed by atoms with van der Waals surface area (Å²) in [6.07, 6.45) is 10.1. The number of likely N-dealkylation sites (N-methyl/N-ethyl adjacent to an activating group) is 1. The van der Waals surface area contributed by atoms with E-state index in [1.807, 2.05) is 23.6 Å². The minimum atomic E-state index is -0.792. The number of fused-ring (bicyclic) bond motifs is 5. The van der Waals surface area contributed by atoms with E-state index in [4.69, 9.17) is 9.47 Å². The molecule has 1 aromatic carbocycles. The third-order valence-corrected chi connectivity index (χ3v) is 13.3. The predicted molar refractivity (Wildman–Crippen MR) is 185 cm³/mol. The number of piperazine rings is 1. The molecular weight excluding hydrogens is 622 g/mol. The molecule has 8 rings (SSSR count). The average Bonchev–Trinajstić information content (AvgIpc) is 3.42. The zero-order valence-electron chi connectivity index (χ0n) is 29.0. The fourth-order valence-electron chi connectivity index (χ4n) is 10.9. The van der Waals surface area contributed by atoms with Crippen LogP contribution in [0.4, 0.5) is 5.69 Å². The molecule has 0 radical (unpaired) electrons. The number of rotatable bonds is 5. The Morgan fingerprint density at radius 3 is 2.63 bits per heavy atom. The highest BCUT2D eigenvalue weighted by molar-refractivity contribution is 6.01. The minimum absolute atomic E-state index is 0.00397. The maximum absolute atomic E-state index is 13.8. The summed E-state index contributed by atoms with van der Waals surface area (Å²) < 4.78 is 13.7. The number of carbonyl (C=O) groups is 3. The number of aryl methyl sites for hydroxylation is 1. The third-order valence-electron chi connectivity index (χ3n) is 13.3. The first-order chi connectivity index (χ1) is 23.4. The standard InChI is InChI=1S/C39H47N3O7/c1-22-17-26-34-36(33(22)41-13-11-40(4)12-14-41)48-16-15-42(34)20-27(35(26)46)37(47)49-21-31(45)29-8-7-28-25-6-5-23-18-24(43)9-10-38(23,2)32(25)30(44)19-39(28,29)3/h9-10,17-18,20,25,28-30,32,44H,5-8,11-16,19,21H2,1-4H3. The van der Waals surface area contributed by atoms with Crippen LogP contribution in [0.2, 0.25) is 0 Å². The van der Waals surface area contributed by atoms with Crippen LogP contribution in [-0.2, 0) is 20.9 Å². The molecule has 4 aliphatic carbocycles. The molecule has 2 aromatic rings. The average molecular weight is 670 g/mol. The Kier molecular flexibility index (Phi) is 7.72. The number of anilines is 1. The number of benzene rings is 1. The number of allylic oxidation sites excluding steroid dienone is 4. The van der Waals surface area contributed by atoms with Crippen molar-refractivity contribution in [2.75, 3.05) is 51.3 Å². The summed E-state index contributed by atoms with van der Waals surface area (Å²) in [6, 6.07) is 1.86. The van der Waals surface area contributed by atoms with E-state index in [1.165, 1.54) is 0 Å². The molecular formula is C39H47N3O7. The van der Waals surface area contributed by atoms with E-state index in [0.29, 0.717) is 42.6 Å². The molecule has 7 unspecified atom stereocenters. The highest BCUT2D eigenvalue weighted by atomic mass is 16.5. The van der Waals surface area contributed by atoms with Gasteiger partial charge in [-0.3, -0.25) is 14.4 Å². The van der Waals surface area contributed by atoms with Gasteiger partial charge in [-0.05, 0) is 87.1 Å². The number of Topliss-reactive ketones (excluding diaryl/α,β-unsaturated/α-hetero) is 1. The lowest BCUT2D eigenvalue weighted by Crippen LogP contribution is -2.56. The second kappa shape index (κ2) is 11.7. The second-order valence-electron chi connectivity index (χ2n) is 15.9. The number of aliphatic hydroxyl groups excluding tert-OH is 1. The Balaban J connectivity index is 1.01. The summed E-state index contributed by atoms with van der Waals surface area (Å²) in [4.78, 5) is 57.9. The molecule has 3 saturated carbocycles. The fourth-order valence-corrected chi connectivity index (χ4v) is 10.9. The van der Waals surface area contributed by atoms with Crippen molar-refractivity contribution in [1.29, 1.82) is 0 Å². The molecule has 7 atom stereocenters. The van der Waals surface area contributed by atoms with E-state index < -0.39 is 29.5 Å². The Hall–Kier alpha value is -3.76. The van der Waals surface area contributed by atoms with Gasteiger partial charge in [-0.15, -0.1) is 0 Å². The van der Waals surface area contributed by atoms with Crippen molar-refractivity contribution < 1.29 is 29.0 Å². The van der Waals surface area contributed by atoms with Crippen molar-refractivity contribution in [3.05, 3.63) is 57.4 Å². The number of nitrogens with zero attached hydrogens (tertiary/aromatic N) is 3. The highest BCUT2D eigenvalue weighted by Gasteiger charge is 2.62. The number of ketones is 2. The number of hydrogen-bond acceptors (Lipinski definition) is 9. The molecule has 0 spiro atoms. The second-order valence-corrected chi connectivity index (χ2v) is 15.9. The van der Waals surface area contributed by atoms with Crippen LogP contribution in [0.15, 0.2) is 40.9 Å². The quantitative estimate of drug-likeness (QED) is 0.470. The van der Waals surface area contributed by atoms with Crippen molar-refractivity contribution in [1.82, 2.24) is 9.47 Å². The number of esters is 1. The summed E-state index contributed by atoms with van der Waals surface area (Å²) >= 11 is 0. The smallest absolute Gasteiger partial charge is 0.344 e. The molecule has 3 heterocycles. The first kappa shape index (κ1) is 32.4. The van der Waals surface area contributed by atoms with Crippen LogP contribution >= 0.6 is 0 Å². The van der Waals surface area contributed by atoms with Gasteiger partial charge in [0.15, 0.2) is 23.9 Å². The molecule has 6 aliphatic rings. The summed E-state index contributed by atoms with van der Waals surface area (Å²) in [7, 11) is 2.11. The Bertz CT molecular complexity index is 1890. The fraction of sp³-hybridized carbons (Fsp3) is 0.590. The monoisotopic (exact) mass is 669 g/mol. The first-order valence-electron chi connectivity index (χ1n) is 18.0. The number of hydrogen-bond donors (Lipinski definition) is 1. The van der Waals surface area contributed by atoms with Gasteiger partial charge in [0.2, 0.25) is 5.43 Å². The molecule has 0 bridgehead atoms. The zero-order chi connectivity index (χ0) is 34.4. The Morgan fingerprint density at radius 2 is 1.86 bits per heavy atom. The topological polar surface area (TPSA) is 118 Å². The van der Waals surface area contributed by atoms with E-state index in [2.05, 4.69) is 30.7 Å². The van der Waals surface area contributed by atoms with E-state index in [-0.39, 0.29) is 46.2 Å². The van der Waals surface area contributed by atoms with Gasteiger partial charge in [0.25, 0.3) is 0 Å². The lowest BCUT2D eigenvalue weighted by molar-refractivity contribution is -0.141. The molecule has 4 fully saturated rings. The van der Waals surface area contributed by atoms with Crippen molar-refractivity contribution in [3.8, 4) is 5.75 Å². The Labute approximate surface area is 286 Å². The molecule has 49 heavy (non-hydrogen) atoms. The van der Waals surface area contributed by atoms with Gasteiger partial charge in [0.05, 0.1) is 29.2 Å². The molecule has 1 aromatic heterocycles. The van der Waals surface area contributed by atoms with Crippen LogP contribution in [0.1, 0.15) is 61.9 Å². The molecule has 2 aliphatic heterocycles. The van der Waals surface area contributed by atoms with Crippen LogP contribution in [0.3, 0.4) is 0 Å². The zero-order valence-corrected chi connectivity index (χ0v) is 29.0. The first-order valence-corrected chi connectivity index (χ1v) is 18.0. The number of aliphatic hydroxyl groups is 1. The molecule has 10 heteroatoms. The summed E-state index contributed by atoms with van der Waals surface area (Å²) in [5.41, 5.74) is 2.44. The largest absolute Gasteiger partial charge is 0.487 e. The molecule has 260 valence electrons. The van der Waals surface area contributed by atoms with E-state index in [0.717, 1.165) is 62.3 Å². The van der Waals surface area contributed by atoms with Gasteiger partial charge in [0, 0.05) is 49.6 Å². The highest BCUT2D eigenvalue weighted by Crippen LogP contribution is 2.66. The molecule has 1 saturated heterocycles. The van der Waals surface area contributed by atoms with E-state index >= 15 is 0 Å². The number of ether oxygens (including phenoxy) is 2. The van der Waals surface area contributed by atoms with Crippen molar-refractivity contribution in [3.63, 3.8) is 0 Å². The van der Waals surface area contributed by atoms with Gasteiger partial charge in [-0.25, -0.2) is 4.79 Å². The van der Waals surface area contributed by atoms with E-state index in [1.54, 1.807) is 18.3 Å². The SMILES string of the molecule is Cc1cc2c(=O)c(C(=O)OCC(=O)C3CCC4C5CCC6=CC(=O)C=CC6(C)C5C(O)CC34C)cn3c2c(c1N1CCN(C)CC1)OCC3. The van der Waals surface area contributed by atoms with Crippen molar-refractivity contribution >= 4 is 34.1 Å². The summed E-state index contributed by atoms with van der Waals surface area (Å²) in [5.74, 6) is -0.108. The van der Waals surface area contributed by atoms with Gasteiger partial charge >= 0.3 is 5.97 Å². The van der Waals surface area contributed by atoms with Gasteiger partial charge in [-0.1, -0.05) is 25.5 Å². The van der Waals surface area contributed by atoms with Gasteiger partial charge < -0.3 is 28.9 Å². The number of aromatic nitrogens is 1. The summed E-state index contributed by atoms with van der Waals surface area (Å²) in [6.45, 7) is 10.4. The maximum Gasteiger partial charge on any atom is 0.344 e. The molecule has 10 nitrogen and oxygen atoms in total. The van der Waals surface area contributed by atoms with Crippen LogP contribution in [0, 0.1) is 41.4 Å².